The zero-order valence-electron chi connectivity index (χ0n) is 11.1. The summed E-state index contributed by atoms with van der Waals surface area (Å²) in [5.74, 6) is 2.76. The number of hydrogen-bond acceptors (Lipinski definition) is 2. The molecule has 0 bridgehead atoms. The maximum Gasteiger partial charge on any atom is 0.0599 e. The van der Waals surface area contributed by atoms with Gasteiger partial charge in [-0.2, -0.15) is 0 Å². The first-order valence-corrected chi connectivity index (χ1v) is 6.46. The van der Waals surface area contributed by atoms with Crippen molar-refractivity contribution < 1.29 is 0 Å². The van der Waals surface area contributed by atoms with Gasteiger partial charge in [0.1, 0.15) is 0 Å². The second-order valence-electron chi connectivity index (χ2n) is 5.73. The average Bonchev–Trinajstić information content (AvgIpc) is 2.98. The summed E-state index contributed by atoms with van der Waals surface area (Å²) in [6.45, 7) is 10.9. The predicted molar refractivity (Wildman–Crippen MR) is 70.4 cm³/mol. The third-order valence-corrected chi connectivity index (χ3v) is 2.95. The lowest BCUT2D eigenvalue weighted by atomic mass is 9.92. The fourth-order valence-corrected chi connectivity index (χ4v) is 2.03. The molecule has 1 saturated carbocycles. The van der Waals surface area contributed by atoms with Gasteiger partial charge < -0.3 is 5.32 Å². The van der Waals surface area contributed by atoms with Crippen LogP contribution < -0.4 is 5.32 Å². The molecule has 2 nitrogen and oxygen atoms in total. The molecule has 0 heterocycles. The van der Waals surface area contributed by atoms with Gasteiger partial charge in [0.15, 0.2) is 0 Å². The van der Waals surface area contributed by atoms with Crippen LogP contribution in [0.15, 0.2) is 0 Å². The van der Waals surface area contributed by atoms with Crippen LogP contribution in [0.3, 0.4) is 0 Å². The summed E-state index contributed by atoms with van der Waals surface area (Å²) in [7, 11) is 0. The van der Waals surface area contributed by atoms with E-state index in [0.29, 0.717) is 5.41 Å². The molecule has 0 saturated heterocycles. The second-order valence-corrected chi connectivity index (χ2v) is 5.73. The Morgan fingerprint density at radius 2 is 2.12 bits per heavy atom. The van der Waals surface area contributed by atoms with Crippen molar-refractivity contribution >= 4 is 0 Å². The summed E-state index contributed by atoms with van der Waals surface area (Å²) >= 11 is 0. The Morgan fingerprint density at radius 1 is 1.44 bits per heavy atom. The second kappa shape index (κ2) is 6.27. The Bertz CT molecular complexity index is 236. The standard InChI is InChI=1S/C14H26N2/c1-5-9-16(10-6-2)12-14(3,4)11-15-13-7-8-13/h1,13,15H,6-12H2,2-4H3. The van der Waals surface area contributed by atoms with Crippen molar-refractivity contribution in [2.75, 3.05) is 26.2 Å². The molecule has 0 aromatic heterocycles. The molecule has 0 amide bonds. The molecule has 1 rings (SSSR count). The van der Waals surface area contributed by atoms with Crippen LogP contribution >= 0.6 is 0 Å². The highest BCUT2D eigenvalue weighted by Crippen LogP contribution is 2.22. The molecule has 0 aromatic rings. The Labute approximate surface area is 101 Å². The lowest BCUT2D eigenvalue weighted by Gasteiger charge is -2.32. The van der Waals surface area contributed by atoms with Crippen molar-refractivity contribution in [3.63, 3.8) is 0 Å². The molecule has 0 radical (unpaired) electrons. The van der Waals surface area contributed by atoms with Crippen molar-refractivity contribution in [2.45, 2.75) is 46.1 Å². The van der Waals surface area contributed by atoms with Gasteiger partial charge in [-0.15, -0.1) is 6.42 Å². The summed E-state index contributed by atoms with van der Waals surface area (Å²) in [5, 5.41) is 3.61. The fraction of sp³-hybridized carbons (Fsp3) is 0.857. The van der Waals surface area contributed by atoms with Gasteiger partial charge in [0.05, 0.1) is 6.54 Å². The highest BCUT2D eigenvalue weighted by molar-refractivity contribution is 4.91. The zero-order valence-corrected chi connectivity index (χ0v) is 11.1. The molecular weight excluding hydrogens is 196 g/mol. The van der Waals surface area contributed by atoms with E-state index in [1.165, 1.54) is 19.3 Å². The van der Waals surface area contributed by atoms with Crippen LogP contribution in [-0.4, -0.2) is 37.1 Å². The largest absolute Gasteiger partial charge is 0.313 e. The van der Waals surface area contributed by atoms with Crippen molar-refractivity contribution in [2.24, 2.45) is 5.41 Å². The number of nitrogens with one attached hydrogen (secondary N) is 1. The highest BCUT2D eigenvalue weighted by atomic mass is 15.1. The molecule has 0 aromatic carbocycles. The van der Waals surface area contributed by atoms with E-state index in [0.717, 1.165) is 32.2 Å². The van der Waals surface area contributed by atoms with E-state index in [2.05, 4.69) is 36.9 Å². The van der Waals surface area contributed by atoms with E-state index < -0.39 is 0 Å². The zero-order chi connectivity index (χ0) is 12.0. The fourth-order valence-electron chi connectivity index (χ4n) is 2.03. The van der Waals surface area contributed by atoms with E-state index in [1.54, 1.807) is 0 Å². The molecule has 92 valence electrons. The Hall–Kier alpha value is -0.520. The maximum atomic E-state index is 5.40. The van der Waals surface area contributed by atoms with Crippen molar-refractivity contribution in [1.82, 2.24) is 10.2 Å². The molecule has 0 atom stereocenters. The van der Waals surface area contributed by atoms with E-state index in [4.69, 9.17) is 6.42 Å². The van der Waals surface area contributed by atoms with Crippen LogP contribution in [0, 0.1) is 17.8 Å². The molecular formula is C14H26N2. The summed E-state index contributed by atoms with van der Waals surface area (Å²) in [6, 6.07) is 0.798. The third kappa shape index (κ3) is 5.53. The first-order valence-electron chi connectivity index (χ1n) is 6.46. The Balaban J connectivity index is 2.30. The highest BCUT2D eigenvalue weighted by Gasteiger charge is 2.26. The smallest absolute Gasteiger partial charge is 0.0599 e. The van der Waals surface area contributed by atoms with Gasteiger partial charge in [-0.1, -0.05) is 26.7 Å². The molecule has 1 fully saturated rings. The van der Waals surface area contributed by atoms with E-state index in [-0.39, 0.29) is 0 Å². The number of hydrogen-bond donors (Lipinski definition) is 1. The van der Waals surface area contributed by atoms with Crippen molar-refractivity contribution in [1.29, 1.82) is 0 Å². The van der Waals surface area contributed by atoms with E-state index >= 15 is 0 Å². The number of terminal acetylenes is 1. The minimum Gasteiger partial charge on any atom is -0.313 e. The molecule has 1 aliphatic rings. The topological polar surface area (TPSA) is 15.3 Å². The van der Waals surface area contributed by atoms with Gasteiger partial charge in [-0.3, -0.25) is 4.90 Å². The van der Waals surface area contributed by atoms with Crippen LogP contribution in [-0.2, 0) is 0 Å². The molecule has 2 heteroatoms. The minimum atomic E-state index is 0.314. The summed E-state index contributed by atoms with van der Waals surface area (Å²) in [6.07, 6.45) is 9.30. The van der Waals surface area contributed by atoms with E-state index in [1.807, 2.05) is 0 Å². The Kier molecular flexibility index (Phi) is 5.31. The van der Waals surface area contributed by atoms with Gasteiger partial charge >= 0.3 is 0 Å². The van der Waals surface area contributed by atoms with Gasteiger partial charge in [-0.25, -0.2) is 0 Å². The monoisotopic (exact) mass is 222 g/mol. The third-order valence-electron chi connectivity index (χ3n) is 2.95. The molecule has 0 unspecified atom stereocenters. The normalized spacial score (nSPS) is 16.4. The first kappa shape index (κ1) is 13.5. The lowest BCUT2D eigenvalue weighted by Crippen LogP contribution is -2.41. The van der Waals surface area contributed by atoms with Gasteiger partial charge in [-0.05, 0) is 31.2 Å². The summed E-state index contributed by atoms with van der Waals surface area (Å²) < 4.78 is 0. The first-order chi connectivity index (χ1) is 7.57. The number of nitrogens with zero attached hydrogens (tertiary/aromatic N) is 1. The molecule has 1 aliphatic carbocycles. The molecule has 0 spiro atoms. The summed E-state index contributed by atoms with van der Waals surface area (Å²) in [4.78, 5) is 2.38. The van der Waals surface area contributed by atoms with Crippen LogP contribution in [0.1, 0.15) is 40.0 Å². The van der Waals surface area contributed by atoms with Crippen molar-refractivity contribution in [3.05, 3.63) is 0 Å². The van der Waals surface area contributed by atoms with Gasteiger partial charge in [0.25, 0.3) is 0 Å². The molecule has 16 heavy (non-hydrogen) atoms. The van der Waals surface area contributed by atoms with Crippen LogP contribution in [0.2, 0.25) is 0 Å². The van der Waals surface area contributed by atoms with E-state index in [9.17, 15) is 0 Å². The number of rotatable bonds is 8. The van der Waals surface area contributed by atoms with Crippen molar-refractivity contribution in [3.8, 4) is 12.3 Å². The summed E-state index contributed by atoms with van der Waals surface area (Å²) in [5.41, 5.74) is 0.314. The predicted octanol–water partition coefficient (Wildman–Crippen LogP) is 2.11. The van der Waals surface area contributed by atoms with Crippen LogP contribution in [0.25, 0.3) is 0 Å². The van der Waals surface area contributed by atoms with Crippen LogP contribution in [0.5, 0.6) is 0 Å². The quantitative estimate of drug-likeness (QED) is 0.633. The minimum absolute atomic E-state index is 0.314. The average molecular weight is 222 g/mol. The molecule has 1 N–H and O–H groups in total. The maximum absolute atomic E-state index is 5.40. The van der Waals surface area contributed by atoms with Gasteiger partial charge in [0, 0.05) is 19.1 Å². The SMILES string of the molecule is C#CCN(CCC)CC(C)(C)CNC1CC1. The van der Waals surface area contributed by atoms with Crippen LogP contribution in [0.4, 0.5) is 0 Å². The van der Waals surface area contributed by atoms with Gasteiger partial charge in [0.2, 0.25) is 0 Å². The Morgan fingerprint density at radius 3 is 2.62 bits per heavy atom. The molecule has 0 aliphatic heterocycles. The lowest BCUT2D eigenvalue weighted by molar-refractivity contribution is 0.190.